The largest absolute Gasteiger partial charge is 0.422 e. The van der Waals surface area contributed by atoms with Crippen LogP contribution in [0.4, 0.5) is 22.0 Å². The Morgan fingerprint density at radius 3 is 1.94 bits per heavy atom. The maximum Gasteiger partial charge on any atom is 0.422 e. The monoisotopic (exact) mass is 238 g/mol. The van der Waals surface area contributed by atoms with Crippen molar-refractivity contribution >= 4 is 0 Å². The van der Waals surface area contributed by atoms with Crippen LogP contribution in [-0.4, -0.2) is 0 Å². The molecule has 1 aromatic carbocycles. The van der Waals surface area contributed by atoms with Gasteiger partial charge in [0.2, 0.25) is 0 Å². The first-order valence-electron chi connectivity index (χ1n) is 4.91. The average Bonchev–Trinajstić information content (AvgIpc) is 2.11. The van der Waals surface area contributed by atoms with Gasteiger partial charge in [0.1, 0.15) is 17.2 Å². The summed E-state index contributed by atoms with van der Waals surface area (Å²) in [6, 6.07) is 1.50. The third-order valence-electron chi connectivity index (χ3n) is 2.20. The van der Waals surface area contributed by atoms with E-state index >= 15 is 0 Å². The SMILES string of the molecule is CCCCc1cc(F)c(C(F)(F)F)c(F)c1. The minimum Gasteiger partial charge on any atom is -0.206 e. The highest BCUT2D eigenvalue weighted by Gasteiger charge is 2.37. The van der Waals surface area contributed by atoms with Gasteiger partial charge in [-0.1, -0.05) is 13.3 Å². The molecule has 0 heterocycles. The summed E-state index contributed by atoms with van der Waals surface area (Å²) in [6.07, 6.45) is -3.12. The number of aryl methyl sites for hydroxylation is 1. The fraction of sp³-hybridized carbons (Fsp3) is 0.455. The van der Waals surface area contributed by atoms with Crippen molar-refractivity contribution in [2.45, 2.75) is 32.4 Å². The summed E-state index contributed by atoms with van der Waals surface area (Å²) >= 11 is 0. The molecule has 0 amide bonds. The highest BCUT2D eigenvalue weighted by atomic mass is 19.4. The average molecular weight is 238 g/mol. The van der Waals surface area contributed by atoms with Crippen LogP contribution in [0.1, 0.15) is 30.9 Å². The zero-order valence-electron chi connectivity index (χ0n) is 8.67. The summed E-state index contributed by atoms with van der Waals surface area (Å²) in [5, 5.41) is 0. The van der Waals surface area contributed by atoms with Gasteiger partial charge in [-0.2, -0.15) is 13.2 Å². The molecule has 0 spiro atoms. The standard InChI is InChI=1S/C11H11F5/c1-2-3-4-7-5-8(12)10(9(13)6-7)11(14,15)16/h5-6H,2-4H2,1H3. The summed E-state index contributed by atoms with van der Waals surface area (Å²) in [5.74, 6) is -3.09. The molecule has 0 atom stereocenters. The number of halogens is 5. The van der Waals surface area contributed by atoms with Gasteiger partial charge in [0.05, 0.1) is 0 Å². The number of hydrogen-bond donors (Lipinski definition) is 0. The van der Waals surface area contributed by atoms with Crippen LogP contribution in [0, 0.1) is 11.6 Å². The van der Waals surface area contributed by atoms with Crippen molar-refractivity contribution in [2.75, 3.05) is 0 Å². The number of unbranched alkanes of at least 4 members (excludes halogenated alkanes) is 1. The van der Waals surface area contributed by atoms with Crippen LogP contribution >= 0.6 is 0 Å². The van der Waals surface area contributed by atoms with Gasteiger partial charge in [-0.25, -0.2) is 8.78 Å². The Morgan fingerprint density at radius 1 is 1.06 bits per heavy atom. The summed E-state index contributed by atoms with van der Waals surface area (Å²) in [7, 11) is 0. The van der Waals surface area contributed by atoms with Gasteiger partial charge < -0.3 is 0 Å². The molecule has 0 saturated carbocycles. The van der Waals surface area contributed by atoms with Crippen LogP contribution in [0.15, 0.2) is 12.1 Å². The van der Waals surface area contributed by atoms with Gasteiger partial charge in [0.15, 0.2) is 0 Å². The van der Waals surface area contributed by atoms with Gasteiger partial charge in [-0.05, 0) is 30.5 Å². The lowest BCUT2D eigenvalue weighted by molar-refractivity contribution is -0.142. The molecule has 16 heavy (non-hydrogen) atoms. The molecule has 0 unspecified atom stereocenters. The molecular formula is C11H11F5. The Hall–Kier alpha value is -1.13. The second kappa shape index (κ2) is 4.80. The summed E-state index contributed by atoms with van der Waals surface area (Å²) in [4.78, 5) is 0. The van der Waals surface area contributed by atoms with Crippen molar-refractivity contribution in [3.8, 4) is 0 Å². The lowest BCUT2D eigenvalue weighted by Crippen LogP contribution is -2.12. The summed E-state index contributed by atoms with van der Waals surface area (Å²) in [5.41, 5.74) is -1.56. The minimum atomic E-state index is -4.99. The fourth-order valence-electron chi connectivity index (χ4n) is 1.42. The second-order valence-corrected chi connectivity index (χ2v) is 3.54. The Morgan fingerprint density at radius 2 is 1.56 bits per heavy atom. The zero-order valence-corrected chi connectivity index (χ0v) is 8.67. The maximum atomic E-state index is 13.1. The van der Waals surface area contributed by atoms with E-state index in [0.29, 0.717) is 12.8 Å². The minimum absolute atomic E-state index is 0.254. The van der Waals surface area contributed by atoms with E-state index in [9.17, 15) is 22.0 Å². The first kappa shape index (κ1) is 12.9. The van der Waals surface area contributed by atoms with Crippen molar-refractivity contribution in [1.29, 1.82) is 0 Å². The van der Waals surface area contributed by atoms with Crippen molar-refractivity contribution in [1.82, 2.24) is 0 Å². The predicted molar refractivity (Wildman–Crippen MR) is 50.0 cm³/mol. The van der Waals surface area contributed by atoms with E-state index in [2.05, 4.69) is 0 Å². The van der Waals surface area contributed by atoms with E-state index < -0.39 is 23.4 Å². The molecule has 0 aromatic heterocycles. The molecule has 0 aliphatic carbocycles. The van der Waals surface area contributed by atoms with Crippen molar-refractivity contribution in [2.24, 2.45) is 0 Å². The lowest BCUT2D eigenvalue weighted by atomic mass is 10.0. The van der Waals surface area contributed by atoms with Crippen molar-refractivity contribution < 1.29 is 22.0 Å². The molecule has 0 fully saturated rings. The highest BCUT2D eigenvalue weighted by molar-refractivity contribution is 5.28. The number of alkyl halides is 3. The summed E-state index contributed by atoms with van der Waals surface area (Å²) < 4.78 is 62.8. The first-order valence-corrected chi connectivity index (χ1v) is 4.91. The molecular weight excluding hydrogens is 227 g/mol. The zero-order chi connectivity index (χ0) is 12.3. The Bertz CT molecular complexity index is 344. The van der Waals surface area contributed by atoms with Gasteiger partial charge >= 0.3 is 6.18 Å². The molecule has 0 N–H and O–H groups in total. The third kappa shape index (κ3) is 2.93. The Balaban J connectivity index is 3.08. The van der Waals surface area contributed by atoms with Gasteiger partial charge in [-0.3, -0.25) is 0 Å². The molecule has 0 saturated heterocycles. The van der Waals surface area contributed by atoms with E-state index in [1.165, 1.54) is 0 Å². The van der Waals surface area contributed by atoms with Crippen molar-refractivity contribution in [3.63, 3.8) is 0 Å². The molecule has 5 heteroatoms. The Kier molecular flexibility index (Phi) is 3.88. The lowest BCUT2D eigenvalue weighted by Gasteiger charge is -2.10. The van der Waals surface area contributed by atoms with Gasteiger partial charge in [0, 0.05) is 0 Å². The van der Waals surface area contributed by atoms with Crippen LogP contribution in [0.3, 0.4) is 0 Å². The van der Waals surface area contributed by atoms with E-state index in [1.54, 1.807) is 0 Å². The number of hydrogen-bond acceptors (Lipinski definition) is 0. The molecule has 0 bridgehead atoms. The molecule has 0 radical (unpaired) electrons. The Labute approximate surface area is 90.1 Å². The van der Waals surface area contributed by atoms with Crippen molar-refractivity contribution in [3.05, 3.63) is 34.9 Å². The topological polar surface area (TPSA) is 0 Å². The van der Waals surface area contributed by atoms with Gasteiger partial charge in [0.25, 0.3) is 0 Å². The van der Waals surface area contributed by atoms with Crippen LogP contribution in [-0.2, 0) is 12.6 Å². The maximum absolute atomic E-state index is 13.1. The van der Waals surface area contributed by atoms with E-state index in [4.69, 9.17) is 0 Å². The number of rotatable bonds is 3. The normalized spacial score (nSPS) is 11.9. The van der Waals surface area contributed by atoms with Crippen LogP contribution in [0.5, 0.6) is 0 Å². The predicted octanol–water partition coefficient (Wildman–Crippen LogP) is 4.33. The van der Waals surface area contributed by atoms with E-state index in [0.717, 1.165) is 18.6 Å². The quantitative estimate of drug-likeness (QED) is 0.687. The van der Waals surface area contributed by atoms with Crippen LogP contribution in [0.2, 0.25) is 0 Å². The summed E-state index contributed by atoms with van der Waals surface area (Å²) in [6.45, 7) is 1.89. The highest BCUT2D eigenvalue weighted by Crippen LogP contribution is 2.34. The smallest absolute Gasteiger partial charge is 0.206 e. The van der Waals surface area contributed by atoms with Gasteiger partial charge in [-0.15, -0.1) is 0 Å². The molecule has 90 valence electrons. The molecule has 1 aromatic rings. The fourth-order valence-corrected chi connectivity index (χ4v) is 1.42. The third-order valence-corrected chi connectivity index (χ3v) is 2.20. The first-order chi connectivity index (χ1) is 7.36. The van der Waals surface area contributed by atoms with E-state index in [-0.39, 0.29) is 5.56 Å². The van der Waals surface area contributed by atoms with E-state index in [1.807, 2.05) is 6.92 Å². The molecule has 0 aliphatic rings. The molecule has 1 rings (SSSR count). The van der Waals surface area contributed by atoms with Crippen LogP contribution in [0.25, 0.3) is 0 Å². The molecule has 0 nitrogen and oxygen atoms in total. The van der Waals surface area contributed by atoms with Crippen LogP contribution < -0.4 is 0 Å². The molecule has 0 aliphatic heterocycles. The second-order valence-electron chi connectivity index (χ2n) is 3.54. The number of benzene rings is 1.